The number of alkyl carbamates (subject to hydrolysis) is 2. The van der Waals surface area contributed by atoms with Crippen LogP contribution in [0.2, 0.25) is 0 Å². The SMILES string of the molecule is CCCN(Cc1ncc(-c2ccc3c(c2)COc2cc4c(ccc5nc(CN(C(=O)CNC(=O)OC)C6C(C)[C@H]6C)[nH]c54)cc2-3)[nH]1)C(=O)[C@H](NC(=O)OC)c1ccccc1. The second-order valence-electron chi connectivity index (χ2n) is 15.4. The van der Waals surface area contributed by atoms with Crippen LogP contribution in [0.3, 0.4) is 0 Å². The van der Waals surface area contributed by atoms with Gasteiger partial charge in [0.15, 0.2) is 0 Å². The Kier molecular flexibility index (Phi) is 11.1. The monoisotopic (exact) mass is 812 g/mol. The van der Waals surface area contributed by atoms with Crippen molar-refractivity contribution in [3.05, 3.63) is 102 Å². The average Bonchev–Trinajstić information content (AvgIpc) is 3.60. The molecule has 6 aromatic rings. The molecule has 8 rings (SSSR count). The average molecular weight is 813 g/mol. The first kappa shape index (κ1) is 39.9. The van der Waals surface area contributed by atoms with Gasteiger partial charge in [0.25, 0.3) is 0 Å². The van der Waals surface area contributed by atoms with Gasteiger partial charge in [-0.05, 0) is 70.2 Å². The van der Waals surface area contributed by atoms with Crippen LogP contribution in [0.25, 0.3) is 44.2 Å². The summed E-state index contributed by atoms with van der Waals surface area (Å²) in [4.78, 5) is 71.0. The first-order valence-corrected chi connectivity index (χ1v) is 20.1. The van der Waals surface area contributed by atoms with Crippen LogP contribution in [0.1, 0.15) is 56.0 Å². The fourth-order valence-corrected chi connectivity index (χ4v) is 8.23. The first-order chi connectivity index (χ1) is 29.1. The molecule has 2 unspecified atom stereocenters. The van der Waals surface area contributed by atoms with Crippen molar-refractivity contribution in [2.75, 3.05) is 27.3 Å². The molecule has 1 aliphatic heterocycles. The number of imidazole rings is 2. The van der Waals surface area contributed by atoms with Crippen molar-refractivity contribution in [1.82, 2.24) is 40.4 Å². The molecule has 2 aromatic heterocycles. The van der Waals surface area contributed by atoms with Gasteiger partial charge in [-0.3, -0.25) is 9.59 Å². The molecule has 4 amide bonds. The number of amides is 4. The summed E-state index contributed by atoms with van der Waals surface area (Å²) >= 11 is 0. The van der Waals surface area contributed by atoms with Crippen molar-refractivity contribution < 1.29 is 33.4 Å². The fraction of sp³-hybridized carbons (Fsp3) is 0.333. The summed E-state index contributed by atoms with van der Waals surface area (Å²) in [5.41, 5.74) is 7.10. The number of benzene rings is 4. The number of hydrogen-bond donors (Lipinski definition) is 4. The van der Waals surface area contributed by atoms with E-state index in [9.17, 15) is 19.2 Å². The highest BCUT2D eigenvalue weighted by molar-refractivity contribution is 6.07. The molecule has 1 aliphatic carbocycles. The minimum absolute atomic E-state index is 0.0569. The van der Waals surface area contributed by atoms with E-state index in [4.69, 9.17) is 14.5 Å². The molecule has 4 atom stereocenters. The summed E-state index contributed by atoms with van der Waals surface area (Å²) in [6, 6.07) is 22.7. The highest BCUT2D eigenvalue weighted by atomic mass is 16.5. The van der Waals surface area contributed by atoms with Gasteiger partial charge in [0.1, 0.15) is 36.6 Å². The van der Waals surface area contributed by atoms with Crippen molar-refractivity contribution in [3.63, 3.8) is 0 Å². The van der Waals surface area contributed by atoms with Crippen molar-refractivity contribution in [3.8, 4) is 28.1 Å². The van der Waals surface area contributed by atoms with Crippen molar-refractivity contribution in [2.45, 2.75) is 59.0 Å². The van der Waals surface area contributed by atoms with Crippen molar-refractivity contribution >= 4 is 45.8 Å². The molecule has 15 heteroatoms. The highest BCUT2D eigenvalue weighted by Crippen LogP contribution is 2.44. The summed E-state index contributed by atoms with van der Waals surface area (Å²) in [5, 5.41) is 7.17. The zero-order chi connectivity index (χ0) is 42.1. The molecular formula is C45H48N8O7. The van der Waals surface area contributed by atoms with E-state index in [-0.39, 0.29) is 37.5 Å². The third-order valence-corrected chi connectivity index (χ3v) is 11.6. The van der Waals surface area contributed by atoms with E-state index in [1.807, 2.05) is 43.3 Å². The number of hydrogen-bond acceptors (Lipinski definition) is 9. The smallest absolute Gasteiger partial charge is 0.407 e. The predicted octanol–water partition coefficient (Wildman–Crippen LogP) is 6.84. The molecule has 0 spiro atoms. The molecule has 4 aromatic carbocycles. The van der Waals surface area contributed by atoms with E-state index in [1.54, 1.807) is 28.1 Å². The minimum atomic E-state index is -0.916. The van der Waals surface area contributed by atoms with Crippen LogP contribution < -0.4 is 15.4 Å². The van der Waals surface area contributed by atoms with Crippen LogP contribution in [0.15, 0.2) is 79.0 Å². The summed E-state index contributed by atoms with van der Waals surface area (Å²) in [5.74, 6) is 2.26. The van der Waals surface area contributed by atoms with E-state index < -0.39 is 18.2 Å². The number of carbonyl (C=O) groups is 4. The van der Waals surface area contributed by atoms with E-state index >= 15 is 0 Å². The quantitative estimate of drug-likeness (QED) is 0.0970. The van der Waals surface area contributed by atoms with Gasteiger partial charge in [-0.2, -0.15) is 0 Å². The Balaban J connectivity index is 1.01. The Bertz CT molecular complexity index is 2580. The fourth-order valence-electron chi connectivity index (χ4n) is 8.23. The number of nitrogens with one attached hydrogen (secondary N) is 4. The molecule has 0 bridgehead atoms. The molecule has 0 saturated heterocycles. The lowest BCUT2D eigenvalue weighted by Crippen LogP contribution is -2.43. The van der Waals surface area contributed by atoms with E-state index in [1.165, 1.54) is 14.2 Å². The maximum absolute atomic E-state index is 13.9. The lowest BCUT2D eigenvalue weighted by Gasteiger charge is -2.27. The van der Waals surface area contributed by atoms with Crippen LogP contribution in [-0.2, 0) is 38.8 Å². The third kappa shape index (κ3) is 7.94. The van der Waals surface area contributed by atoms with Gasteiger partial charge in [-0.25, -0.2) is 19.6 Å². The number of carbonyl (C=O) groups excluding carboxylic acids is 4. The number of aromatic amines is 2. The van der Waals surface area contributed by atoms with Gasteiger partial charge in [0, 0.05) is 23.5 Å². The summed E-state index contributed by atoms with van der Waals surface area (Å²) < 4.78 is 15.9. The second kappa shape index (κ2) is 16.8. The molecule has 1 saturated carbocycles. The number of fused-ring (bicyclic) bond motifs is 6. The number of ether oxygens (including phenoxy) is 3. The molecular weight excluding hydrogens is 765 g/mol. The van der Waals surface area contributed by atoms with Crippen LogP contribution in [0.5, 0.6) is 5.75 Å². The second-order valence-corrected chi connectivity index (χ2v) is 15.4. The minimum Gasteiger partial charge on any atom is -0.488 e. The Hall–Kier alpha value is -6.90. The first-order valence-electron chi connectivity index (χ1n) is 20.1. The molecule has 4 N–H and O–H groups in total. The number of rotatable bonds is 13. The summed E-state index contributed by atoms with van der Waals surface area (Å²) in [6.45, 7) is 7.42. The van der Waals surface area contributed by atoms with Gasteiger partial charge < -0.3 is 44.6 Å². The maximum atomic E-state index is 13.9. The van der Waals surface area contributed by atoms with Crippen molar-refractivity contribution in [1.29, 1.82) is 0 Å². The molecule has 15 nitrogen and oxygen atoms in total. The van der Waals surface area contributed by atoms with E-state index in [2.05, 4.69) is 68.4 Å². The van der Waals surface area contributed by atoms with E-state index in [0.29, 0.717) is 48.6 Å². The molecule has 60 heavy (non-hydrogen) atoms. The lowest BCUT2D eigenvalue weighted by molar-refractivity contribution is -0.134. The molecule has 3 heterocycles. The predicted molar refractivity (Wildman–Crippen MR) is 224 cm³/mol. The van der Waals surface area contributed by atoms with Crippen LogP contribution in [0.4, 0.5) is 9.59 Å². The van der Waals surface area contributed by atoms with Gasteiger partial charge >= 0.3 is 12.2 Å². The Labute approximate surface area is 346 Å². The lowest BCUT2D eigenvalue weighted by atomic mass is 9.92. The molecule has 2 aliphatic rings. The molecule has 1 fully saturated rings. The van der Waals surface area contributed by atoms with Crippen LogP contribution in [-0.4, -0.2) is 87.1 Å². The van der Waals surface area contributed by atoms with Crippen LogP contribution in [0, 0.1) is 11.8 Å². The Morgan fingerprint density at radius 1 is 0.900 bits per heavy atom. The summed E-state index contributed by atoms with van der Waals surface area (Å²) in [7, 11) is 2.54. The normalized spacial score (nSPS) is 16.9. The maximum Gasteiger partial charge on any atom is 0.407 e. The highest BCUT2D eigenvalue weighted by Gasteiger charge is 2.48. The Morgan fingerprint density at radius 3 is 2.42 bits per heavy atom. The van der Waals surface area contributed by atoms with Gasteiger partial charge in [-0.1, -0.05) is 69.3 Å². The largest absolute Gasteiger partial charge is 0.488 e. The molecule has 0 radical (unpaired) electrons. The van der Waals surface area contributed by atoms with Gasteiger partial charge in [-0.15, -0.1) is 0 Å². The van der Waals surface area contributed by atoms with Crippen LogP contribution >= 0.6 is 0 Å². The standard InChI is InChI=1S/C45H48N8O7/c1-6-16-52(43(55)40(51-45(57)59-5)27-10-8-7-9-11-27)22-37-46-20-35(49-37)29-12-14-31-30(17-29)24-60-36-19-32-28(18-33(31)36)13-15-34-41(32)50-38(48-34)23-53(42-25(2)26(42)3)39(54)21-47-44(56)58-4/h7-15,17-20,25-26,40,42H,6,16,21-24H2,1-5H3,(H,46,49)(H,47,56)(H,48,50)(H,51,57)/t25-,26?,40-,42?/m1/s1. The van der Waals surface area contributed by atoms with Gasteiger partial charge in [0.05, 0.1) is 50.2 Å². The zero-order valence-corrected chi connectivity index (χ0v) is 34.2. The Morgan fingerprint density at radius 2 is 1.68 bits per heavy atom. The van der Waals surface area contributed by atoms with Crippen molar-refractivity contribution in [2.24, 2.45) is 11.8 Å². The number of aromatic nitrogens is 4. The van der Waals surface area contributed by atoms with Gasteiger partial charge in [0.2, 0.25) is 11.8 Å². The third-order valence-electron chi connectivity index (χ3n) is 11.6. The summed E-state index contributed by atoms with van der Waals surface area (Å²) in [6.07, 6.45) is 1.14. The number of methoxy groups -OCH3 is 2. The number of H-pyrrole nitrogens is 2. The molecule has 310 valence electrons. The topological polar surface area (TPSA) is 184 Å². The zero-order valence-electron chi connectivity index (χ0n) is 34.2. The van der Waals surface area contributed by atoms with E-state index in [0.717, 1.165) is 55.5 Å². The number of nitrogens with zero attached hydrogens (tertiary/aromatic N) is 4.